The van der Waals surface area contributed by atoms with Crippen LogP contribution < -0.4 is 14.4 Å². The predicted octanol–water partition coefficient (Wildman–Crippen LogP) is 3.49. The number of carbonyl (C=O) groups is 1. The van der Waals surface area contributed by atoms with Gasteiger partial charge in [-0.1, -0.05) is 0 Å². The van der Waals surface area contributed by atoms with E-state index >= 15 is 0 Å². The summed E-state index contributed by atoms with van der Waals surface area (Å²) in [6, 6.07) is 8.55. The number of nitrogens with zero attached hydrogens (tertiary/aromatic N) is 4. The highest BCUT2D eigenvalue weighted by molar-refractivity contribution is 5.97. The minimum atomic E-state index is -0.449. The van der Waals surface area contributed by atoms with Gasteiger partial charge in [0.2, 0.25) is 0 Å². The molecule has 0 unspecified atom stereocenters. The van der Waals surface area contributed by atoms with Gasteiger partial charge in [-0.25, -0.2) is 4.98 Å². The summed E-state index contributed by atoms with van der Waals surface area (Å²) in [4.78, 5) is 31.4. The SMILES string of the molecule is COc1cc(OC2CCN(c3ccc([N+](=O)[O-])cn3)CC2)ccc1C(=O)N1CC[CH]CC1. The molecule has 1 aromatic carbocycles. The minimum absolute atomic E-state index is 0.00888. The van der Waals surface area contributed by atoms with Crippen molar-refractivity contribution in [2.75, 3.05) is 38.2 Å². The van der Waals surface area contributed by atoms with Crippen molar-refractivity contribution in [3.8, 4) is 11.5 Å². The lowest BCUT2D eigenvalue weighted by atomic mass is 10.1. The first-order valence-electron chi connectivity index (χ1n) is 10.9. The van der Waals surface area contributed by atoms with Gasteiger partial charge in [-0.05, 0) is 37.5 Å². The number of methoxy groups -OCH3 is 1. The van der Waals surface area contributed by atoms with E-state index in [1.54, 1.807) is 25.3 Å². The molecule has 32 heavy (non-hydrogen) atoms. The maximum absolute atomic E-state index is 12.9. The van der Waals surface area contributed by atoms with E-state index in [1.807, 2.05) is 11.0 Å². The van der Waals surface area contributed by atoms with Crippen LogP contribution >= 0.6 is 0 Å². The van der Waals surface area contributed by atoms with E-state index in [4.69, 9.17) is 9.47 Å². The van der Waals surface area contributed by atoms with Gasteiger partial charge in [0.25, 0.3) is 11.6 Å². The van der Waals surface area contributed by atoms with Crippen molar-refractivity contribution in [1.82, 2.24) is 9.88 Å². The van der Waals surface area contributed by atoms with Crippen molar-refractivity contribution < 1.29 is 19.2 Å². The molecule has 0 saturated carbocycles. The van der Waals surface area contributed by atoms with Crippen LogP contribution in [-0.2, 0) is 0 Å². The number of aromatic nitrogens is 1. The number of pyridine rings is 1. The number of nitro groups is 1. The quantitative estimate of drug-likeness (QED) is 0.502. The third-order valence-corrected chi connectivity index (χ3v) is 5.91. The first-order chi connectivity index (χ1) is 15.5. The second kappa shape index (κ2) is 9.84. The topological polar surface area (TPSA) is 98.0 Å². The lowest BCUT2D eigenvalue weighted by Crippen LogP contribution is -2.38. The Morgan fingerprint density at radius 1 is 1.12 bits per heavy atom. The Labute approximate surface area is 187 Å². The maximum Gasteiger partial charge on any atom is 0.287 e. The molecular weight excluding hydrogens is 412 g/mol. The van der Waals surface area contributed by atoms with E-state index in [0.717, 1.165) is 57.7 Å². The summed E-state index contributed by atoms with van der Waals surface area (Å²) in [6.07, 6.45) is 6.97. The van der Waals surface area contributed by atoms with Gasteiger partial charge < -0.3 is 19.3 Å². The number of rotatable bonds is 6. The zero-order valence-corrected chi connectivity index (χ0v) is 18.1. The van der Waals surface area contributed by atoms with Crippen LogP contribution in [-0.4, -0.2) is 60.1 Å². The second-order valence-electron chi connectivity index (χ2n) is 7.96. The number of hydrogen-bond acceptors (Lipinski definition) is 7. The van der Waals surface area contributed by atoms with E-state index in [2.05, 4.69) is 16.3 Å². The molecule has 2 saturated heterocycles. The van der Waals surface area contributed by atoms with Gasteiger partial charge in [0, 0.05) is 51.2 Å². The maximum atomic E-state index is 12.9. The Morgan fingerprint density at radius 3 is 2.50 bits per heavy atom. The molecule has 9 nitrogen and oxygen atoms in total. The number of piperidine rings is 2. The lowest BCUT2D eigenvalue weighted by molar-refractivity contribution is -0.385. The molecule has 0 N–H and O–H groups in total. The predicted molar refractivity (Wildman–Crippen MR) is 119 cm³/mol. The molecule has 3 heterocycles. The van der Waals surface area contributed by atoms with Crippen molar-refractivity contribution in [2.45, 2.75) is 31.8 Å². The zero-order chi connectivity index (χ0) is 22.5. The number of benzene rings is 1. The number of amides is 1. The smallest absolute Gasteiger partial charge is 0.287 e. The van der Waals surface area contributed by atoms with Gasteiger partial charge in [-0.15, -0.1) is 0 Å². The highest BCUT2D eigenvalue weighted by Gasteiger charge is 2.24. The number of ether oxygens (including phenoxy) is 2. The molecular formula is C23H27N4O5. The van der Waals surface area contributed by atoms with Crippen LogP contribution in [0.15, 0.2) is 36.5 Å². The molecule has 169 valence electrons. The van der Waals surface area contributed by atoms with Gasteiger partial charge in [-0.3, -0.25) is 14.9 Å². The van der Waals surface area contributed by atoms with Gasteiger partial charge in [0.05, 0.1) is 17.6 Å². The number of hydrogen-bond donors (Lipinski definition) is 0. The number of anilines is 1. The van der Waals surface area contributed by atoms with Crippen LogP contribution in [0.3, 0.4) is 0 Å². The van der Waals surface area contributed by atoms with Crippen molar-refractivity contribution in [3.05, 3.63) is 58.6 Å². The molecule has 1 amide bonds. The Balaban J connectivity index is 1.35. The largest absolute Gasteiger partial charge is 0.496 e. The molecule has 1 aromatic heterocycles. The third-order valence-electron chi connectivity index (χ3n) is 5.91. The average Bonchev–Trinajstić information content (AvgIpc) is 2.84. The van der Waals surface area contributed by atoms with Crippen molar-refractivity contribution in [1.29, 1.82) is 0 Å². The molecule has 2 fully saturated rings. The molecule has 0 aliphatic carbocycles. The fourth-order valence-electron chi connectivity index (χ4n) is 4.11. The average molecular weight is 439 g/mol. The summed E-state index contributed by atoms with van der Waals surface area (Å²) >= 11 is 0. The first-order valence-corrected chi connectivity index (χ1v) is 10.9. The summed E-state index contributed by atoms with van der Waals surface area (Å²) in [5.41, 5.74) is 0.544. The molecule has 0 spiro atoms. The summed E-state index contributed by atoms with van der Waals surface area (Å²) in [5.74, 6) is 1.92. The normalized spacial score (nSPS) is 17.2. The van der Waals surface area contributed by atoms with E-state index in [1.165, 1.54) is 12.3 Å². The van der Waals surface area contributed by atoms with Gasteiger partial charge in [0.15, 0.2) is 0 Å². The van der Waals surface area contributed by atoms with E-state index < -0.39 is 4.92 Å². The fraction of sp³-hybridized carbons (Fsp3) is 0.435. The summed E-state index contributed by atoms with van der Waals surface area (Å²) in [5, 5.41) is 10.8. The Kier molecular flexibility index (Phi) is 6.72. The Morgan fingerprint density at radius 2 is 1.88 bits per heavy atom. The fourth-order valence-corrected chi connectivity index (χ4v) is 4.11. The van der Waals surface area contributed by atoms with Crippen LogP contribution in [0.4, 0.5) is 11.5 Å². The Hall–Kier alpha value is -3.36. The van der Waals surface area contributed by atoms with Crippen LogP contribution in [0.25, 0.3) is 0 Å². The second-order valence-corrected chi connectivity index (χ2v) is 7.96. The number of carbonyl (C=O) groups excluding carboxylic acids is 1. The van der Waals surface area contributed by atoms with E-state index in [9.17, 15) is 14.9 Å². The molecule has 2 aliphatic heterocycles. The van der Waals surface area contributed by atoms with Crippen molar-refractivity contribution in [3.63, 3.8) is 0 Å². The standard InChI is InChI=1S/C23H27N4O5/c1-31-21-15-19(6-7-20(21)23(28)26-11-3-2-4-12-26)32-18-9-13-25(14-10-18)22-8-5-17(16-24-22)27(29)30/h2,5-8,15-16,18H,3-4,9-14H2,1H3. The summed E-state index contributed by atoms with van der Waals surface area (Å²) in [6.45, 7) is 2.97. The van der Waals surface area contributed by atoms with E-state index in [-0.39, 0.29) is 17.7 Å². The third kappa shape index (κ3) is 4.92. The summed E-state index contributed by atoms with van der Waals surface area (Å²) in [7, 11) is 1.57. The summed E-state index contributed by atoms with van der Waals surface area (Å²) < 4.78 is 11.7. The van der Waals surface area contributed by atoms with Crippen LogP contribution in [0.1, 0.15) is 36.0 Å². The van der Waals surface area contributed by atoms with Crippen LogP contribution in [0.5, 0.6) is 11.5 Å². The molecule has 0 atom stereocenters. The molecule has 2 aromatic rings. The lowest BCUT2D eigenvalue weighted by Gasteiger charge is -2.33. The highest BCUT2D eigenvalue weighted by Crippen LogP contribution is 2.29. The van der Waals surface area contributed by atoms with Crippen molar-refractivity contribution >= 4 is 17.4 Å². The highest BCUT2D eigenvalue weighted by atomic mass is 16.6. The van der Waals surface area contributed by atoms with Crippen LogP contribution in [0.2, 0.25) is 0 Å². The van der Waals surface area contributed by atoms with Crippen LogP contribution in [0, 0.1) is 16.5 Å². The zero-order valence-electron chi connectivity index (χ0n) is 18.1. The monoisotopic (exact) mass is 439 g/mol. The van der Waals surface area contributed by atoms with Gasteiger partial charge >= 0.3 is 0 Å². The Bertz CT molecular complexity index is 951. The molecule has 4 rings (SSSR count). The van der Waals surface area contributed by atoms with Crippen molar-refractivity contribution in [2.24, 2.45) is 0 Å². The molecule has 1 radical (unpaired) electrons. The van der Waals surface area contributed by atoms with Gasteiger partial charge in [0.1, 0.15) is 29.6 Å². The molecule has 0 bridgehead atoms. The molecule has 2 aliphatic rings. The molecule has 9 heteroatoms. The van der Waals surface area contributed by atoms with E-state index in [0.29, 0.717) is 17.1 Å². The van der Waals surface area contributed by atoms with Gasteiger partial charge in [-0.2, -0.15) is 0 Å². The minimum Gasteiger partial charge on any atom is -0.496 e. The first kappa shape index (κ1) is 21.9. The number of likely N-dealkylation sites (tertiary alicyclic amines) is 1.